The minimum absolute atomic E-state index is 0.404. The summed E-state index contributed by atoms with van der Waals surface area (Å²) in [6.07, 6.45) is 0.242. The third-order valence-corrected chi connectivity index (χ3v) is 8.47. The Kier molecular flexibility index (Phi) is 5.81. The first-order valence-electron chi connectivity index (χ1n) is 10.4. The Hall–Kier alpha value is -3.33. The van der Waals surface area contributed by atoms with E-state index in [-0.39, 0.29) is 0 Å². The lowest BCUT2D eigenvalue weighted by molar-refractivity contribution is -0.140. The van der Waals surface area contributed by atoms with Crippen LogP contribution >= 0.6 is 34.2 Å². The third kappa shape index (κ3) is 4.27. The van der Waals surface area contributed by atoms with Gasteiger partial charge in [-0.3, -0.25) is 10.1 Å². The molecule has 1 aliphatic carbocycles. The van der Waals surface area contributed by atoms with Crippen LogP contribution in [-0.2, 0) is 14.9 Å². The first kappa shape index (κ1) is 22.5. The number of nitrogens with zero attached hydrogens (tertiary/aromatic N) is 3. The number of carbonyl (C=O) groups is 2. The molecule has 5 rings (SSSR count). The van der Waals surface area contributed by atoms with Crippen LogP contribution in [0.4, 0.5) is 10.5 Å². The van der Waals surface area contributed by atoms with Gasteiger partial charge in [0, 0.05) is 0 Å². The summed E-state index contributed by atoms with van der Waals surface area (Å²) >= 11 is 3.82. The van der Waals surface area contributed by atoms with E-state index >= 15 is 0 Å². The molecule has 172 valence electrons. The quantitative estimate of drug-likeness (QED) is 0.348. The molecule has 0 radical (unpaired) electrons. The summed E-state index contributed by atoms with van der Waals surface area (Å²) in [5.41, 5.74) is 1.23. The van der Waals surface area contributed by atoms with E-state index in [0.29, 0.717) is 48.8 Å². The summed E-state index contributed by atoms with van der Waals surface area (Å²) in [5, 5.41) is 13.4. The zero-order valence-electron chi connectivity index (χ0n) is 18.1. The van der Waals surface area contributed by atoms with Crippen LogP contribution in [0.1, 0.15) is 52.0 Å². The largest absolute Gasteiger partial charge is 0.481 e. The maximum absolute atomic E-state index is 12.5. The molecule has 1 aromatic carbocycles. The molecule has 34 heavy (non-hydrogen) atoms. The maximum atomic E-state index is 12.5. The molecule has 0 aliphatic heterocycles. The highest BCUT2D eigenvalue weighted by Gasteiger charge is 2.54. The Bertz CT molecular complexity index is 1430. The van der Waals surface area contributed by atoms with E-state index < -0.39 is 23.6 Å². The van der Waals surface area contributed by atoms with Crippen molar-refractivity contribution in [3.05, 3.63) is 56.5 Å². The summed E-state index contributed by atoms with van der Waals surface area (Å²) in [7, 11) is 0. The molecule has 1 fully saturated rings. The molecule has 0 saturated heterocycles. The molecule has 1 aliphatic rings. The second-order valence-corrected chi connectivity index (χ2v) is 10.6. The number of thiazole rings is 2. The maximum Gasteiger partial charge on any atom is 0.412 e. The Morgan fingerprint density at radius 3 is 2.56 bits per heavy atom. The summed E-state index contributed by atoms with van der Waals surface area (Å²) in [5.74, 6) is 5.22. The topological polar surface area (TPSA) is 114 Å². The van der Waals surface area contributed by atoms with Crippen LogP contribution in [0.15, 0.2) is 30.3 Å². The number of fused-ring (bicyclic) bond motifs is 1. The minimum atomic E-state index is -0.829. The summed E-state index contributed by atoms with van der Waals surface area (Å²) < 4.78 is 9.79. The first-order chi connectivity index (χ1) is 16.4. The lowest BCUT2D eigenvalue weighted by atomic mass is 10.1. The predicted octanol–water partition coefficient (Wildman–Crippen LogP) is 5.34. The highest BCUT2D eigenvalue weighted by atomic mass is 32.1. The second kappa shape index (κ2) is 8.79. The van der Waals surface area contributed by atoms with Gasteiger partial charge in [0.1, 0.15) is 21.4 Å². The average Bonchev–Trinajstić information content (AvgIpc) is 3.26. The number of aryl methyl sites for hydroxylation is 1. The highest BCUT2D eigenvalue weighted by Crippen LogP contribution is 2.50. The van der Waals surface area contributed by atoms with Crippen molar-refractivity contribution in [1.29, 1.82) is 0 Å². The van der Waals surface area contributed by atoms with Crippen molar-refractivity contribution < 1.29 is 19.4 Å². The Labute approximate surface area is 206 Å². The number of anilines is 1. The molecule has 8 nitrogen and oxygen atoms in total. The zero-order chi connectivity index (χ0) is 23.9. The molecule has 4 aromatic rings. The van der Waals surface area contributed by atoms with Gasteiger partial charge in [0.15, 0.2) is 14.7 Å². The molecule has 1 amide bonds. The van der Waals surface area contributed by atoms with Gasteiger partial charge in [0.05, 0.1) is 11.4 Å². The SMILES string of the molecule is Cc1nsc(C#Cc2nc3sc(C4(C(=O)O)CC4)nc3s2)c1NC(=O)OC(C)c1ccccc1. The number of hydrogen-bond donors (Lipinski definition) is 2. The van der Waals surface area contributed by atoms with Crippen molar-refractivity contribution in [2.75, 3.05) is 5.32 Å². The Balaban J connectivity index is 1.30. The van der Waals surface area contributed by atoms with Crippen LogP contribution in [0.25, 0.3) is 9.66 Å². The number of amides is 1. The van der Waals surface area contributed by atoms with Gasteiger partial charge in [-0.15, -0.1) is 0 Å². The number of benzene rings is 1. The molecule has 1 atom stereocenters. The summed E-state index contributed by atoms with van der Waals surface area (Å²) in [6, 6.07) is 9.48. The van der Waals surface area contributed by atoms with Gasteiger partial charge >= 0.3 is 12.1 Å². The zero-order valence-corrected chi connectivity index (χ0v) is 20.6. The van der Waals surface area contributed by atoms with E-state index in [1.165, 1.54) is 34.2 Å². The van der Waals surface area contributed by atoms with E-state index in [4.69, 9.17) is 4.74 Å². The van der Waals surface area contributed by atoms with Gasteiger partial charge in [-0.05, 0) is 55.6 Å². The third-order valence-electron chi connectivity index (χ3n) is 5.47. The number of ether oxygens (including phenoxy) is 1. The van der Waals surface area contributed by atoms with E-state index in [2.05, 4.69) is 31.5 Å². The molecule has 11 heteroatoms. The van der Waals surface area contributed by atoms with Crippen molar-refractivity contribution in [2.24, 2.45) is 0 Å². The molecular weight excluding hydrogens is 492 g/mol. The number of aliphatic carboxylic acids is 1. The number of carboxylic acids is 1. The molecule has 0 bridgehead atoms. The van der Waals surface area contributed by atoms with Crippen LogP contribution in [0, 0.1) is 18.8 Å². The monoisotopic (exact) mass is 510 g/mol. The lowest BCUT2D eigenvalue weighted by Gasteiger charge is -2.14. The van der Waals surface area contributed by atoms with Crippen molar-refractivity contribution in [3.8, 4) is 11.8 Å². The summed E-state index contributed by atoms with van der Waals surface area (Å²) in [6.45, 7) is 3.60. The predicted molar refractivity (Wildman–Crippen MR) is 132 cm³/mol. The standard InChI is InChI=1S/C23H18N4O4S3/c1-12-17(25-22(30)31-13(2)14-6-4-3-5-7-14)15(34-27-12)8-9-16-24-18-19(32-16)26-20(33-18)23(10-11-23)21(28)29/h3-7,13H,10-11H2,1-2H3,(H,25,30)(H,28,29). The van der Waals surface area contributed by atoms with Gasteiger partial charge in [0.25, 0.3) is 0 Å². The van der Waals surface area contributed by atoms with Crippen molar-refractivity contribution in [1.82, 2.24) is 14.3 Å². The number of aromatic nitrogens is 3. The van der Waals surface area contributed by atoms with Gasteiger partial charge in [0.2, 0.25) is 0 Å². The van der Waals surface area contributed by atoms with Crippen LogP contribution in [0.2, 0.25) is 0 Å². The molecular formula is C23H18N4O4S3. The number of nitrogens with one attached hydrogen (secondary N) is 1. The van der Waals surface area contributed by atoms with Crippen LogP contribution in [-0.4, -0.2) is 31.5 Å². The number of carbonyl (C=O) groups excluding carboxylic acids is 1. The van der Waals surface area contributed by atoms with Crippen LogP contribution in [0.5, 0.6) is 0 Å². The van der Waals surface area contributed by atoms with Gasteiger partial charge < -0.3 is 9.84 Å². The van der Waals surface area contributed by atoms with Gasteiger partial charge in [-0.2, -0.15) is 4.37 Å². The molecule has 3 aromatic heterocycles. The van der Waals surface area contributed by atoms with Crippen molar-refractivity contribution >= 4 is 61.6 Å². The number of rotatable bonds is 5. The normalized spacial score (nSPS) is 14.8. The molecule has 0 spiro atoms. The number of carboxylic acid groups (broad SMARTS) is 1. The lowest BCUT2D eigenvalue weighted by Crippen LogP contribution is -2.18. The fourth-order valence-electron chi connectivity index (χ4n) is 3.34. The van der Waals surface area contributed by atoms with Gasteiger partial charge in [-0.1, -0.05) is 53.0 Å². The average molecular weight is 511 g/mol. The summed E-state index contributed by atoms with van der Waals surface area (Å²) in [4.78, 5) is 35.0. The fraction of sp³-hybridized carbons (Fsp3) is 0.261. The van der Waals surface area contributed by atoms with Gasteiger partial charge in [-0.25, -0.2) is 14.8 Å². The van der Waals surface area contributed by atoms with E-state index in [9.17, 15) is 14.7 Å². The van der Waals surface area contributed by atoms with E-state index in [0.717, 1.165) is 5.56 Å². The minimum Gasteiger partial charge on any atom is -0.481 e. The molecule has 3 heterocycles. The Morgan fingerprint density at radius 1 is 1.15 bits per heavy atom. The van der Waals surface area contributed by atoms with Crippen LogP contribution < -0.4 is 5.32 Å². The van der Waals surface area contributed by atoms with Crippen molar-refractivity contribution in [3.63, 3.8) is 0 Å². The molecule has 2 N–H and O–H groups in total. The molecule has 1 unspecified atom stereocenters. The van der Waals surface area contributed by atoms with Crippen molar-refractivity contribution in [2.45, 2.75) is 38.2 Å². The fourth-order valence-corrected chi connectivity index (χ4v) is 6.18. The van der Waals surface area contributed by atoms with E-state index in [1.54, 1.807) is 6.92 Å². The number of hydrogen-bond acceptors (Lipinski definition) is 9. The molecule has 1 saturated carbocycles. The smallest absolute Gasteiger partial charge is 0.412 e. The Morgan fingerprint density at radius 2 is 1.88 bits per heavy atom. The van der Waals surface area contributed by atoms with E-state index in [1.807, 2.05) is 37.3 Å². The van der Waals surface area contributed by atoms with Crippen LogP contribution in [0.3, 0.4) is 0 Å². The second-order valence-electron chi connectivity index (χ2n) is 7.84. The highest BCUT2D eigenvalue weighted by molar-refractivity contribution is 7.26. The first-order valence-corrected chi connectivity index (χ1v) is 12.8.